The van der Waals surface area contributed by atoms with E-state index < -0.39 is 5.97 Å². The van der Waals surface area contributed by atoms with E-state index in [4.69, 9.17) is 14.3 Å². The molecule has 18 heavy (non-hydrogen) atoms. The second-order valence-corrected chi connectivity index (χ2v) is 4.97. The lowest BCUT2D eigenvalue weighted by Gasteiger charge is -2.12. The Labute approximate surface area is 118 Å². The molecule has 2 rings (SSSR count). The topological polar surface area (TPSA) is 59.7 Å². The minimum atomic E-state index is -1.08. The van der Waals surface area contributed by atoms with Crippen molar-refractivity contribution in [2.75, 3.05) is 0 Å². The Balaban J connectivity index is 2.11. The van der Waals surface area contributed by atoms with Gasteiger partial charge in [-0.3, -0.25) is 0 Å². The predicted molar refractivity (Wildman–Crippen MR) is 73.9 cm³/mol. The number of halogens is 1. The van der Waals surface area contributed by atoms with Gasteiger partial charge in [0.05, 0.1) is 0 Å². The maximum absolute atomic E-state index is 10.7. The van der Waals surface area contributed by atoms with Gasteiger partial charge >= 0.3 is 5.97 Å². The lowest BCUT2D eigenvalue weighted by atomic mass is 10.3. The molecular formula is C13H11IO4. The summed E-state index contributed by atoms with van der Waals surface area (Å²) < 4.78 is 11.9. The first-order chi connectivity index (χ1) is 8.56. The monoisotopic (exact) mass is 358 g/mol. The first-order valence-electron chi connectivity index (χ1n) is 5.31. The van der Waals surface area contributed by atoms with Crippen LogP contribution < -0.4 is 4.74 Å². The zero-order valence-electron chi connectivity index (χ0n) is 9.59. The summed E-state index contributed by atoms with van der Waals surface area (Å²) in [6, 6.07) is 10.6. The molecule has 0 radical (unpaired) electrons. The van der Waals surface area contributed by atoms with Crippen LogP contribution in [0.15, 0.2) is 40.8 Å². The van der Waals surface area contributed by atoms with Crippen LogP contribution in [0.4, 0.5) is 0 Å². The molecule has 0 spiro atoms. The van der Waals surface area contributed by atoms with Crippen LogP contribution in [0.1, 0.15) is 29.3 Å². The predicted octanol–water partition coefficient (Wildman–Crippen LogP) is 3.72. The SMILES string of the molecule is CC(Oc1cccc(I)c1)c1ccc(C(=O)O)o1. The average Bonchev–Trinajstić information content (AvgIpc) is 2.78. The number of carbonyl (C=O) groups is 1. The van der Waals surface area contributed by atoms with Crippen molar-refractivity contribution in [3.8, 4) is 5.75 Å². The number of carboxylic acid groups (broad SMARTS) is 1. The molecule has 1 heterocycles. The van der Waals surface area contributed by atoms with Gasteiger partial charge in [0.1, 0.15) is 11.5 Å². The molecule has 0 aliphatic rings. The van der Waals surface area contributed by atoms with Gasteiger partial charge in [-0.15, -0.1) is 0 Å². The molecule has 0 aliphatic heterocycles. The summed E-state index contributed by atoms with van der Waals surface area (Å²) >= 11 is 2.20. The third-order valence-corrected chi connectivity index (χ3v) is 3.02. The molecule has 1 atom stereocenters. The molecule has 0 fully saturated rings. The summed E-state index contributed by atoms with van der Waals surface area (Å²) in [5.41, 5.74) is 0. The maximum atomic E-state index is 10.7. The highest BCUT2D eigenvalue weighted by Gasteiger charge is 2.15. The molecule has 94 valence electrons. The van der Waals surface area contributed by atoms with Crippen LogP contribution in [-0.4, -0.2) is 11.1 Å². The van der Waals surface area contributed by atoms with Gasteiger partial charge in [0.2, 0.25) is 5.76 Å². The molecular weight excluding hydrogens is 347 g/mol. The van der Waals surface area contributed by atoms with Crippen LogP contribution in [0.3, 0.4) is 0 Å². The van der Waals surface area contributed by atoms with Gasteiger partial charge in [0.15, 0.2) is 6.10 Å². The number of rotatable bonds is 4. The van der Waals surface area contributed by atoms with Crippen molar-refractivity contribution in [1.82, 2.24) is 0 Å². The van der Waals surface area contributed by atoms with Crippen LogP contribution >= 0.6 is 22.6 Å². The molecule has 5 heteroatoms. The highest BCUT2D eigenvalue weighted by Crippen LogP contribution is 2.24. The summed E-state index contributed by atoms with van der Waals surface area (Å²) in [5, 5.41) is 8.77. The summed E-state index contributed by atoms with van der Waals surface area (Å²) in [7, 11) is 0. The Hall–Kier alpha value is -1.50. The van der Waals surface area contributed by atoms with Crippen molar-refractivity contribution in [2.45, 2.75) is 13.0 Å². The van der Waals surface area contributed by atoms with Gasteiger partial charge < -0.3 is 14.3 Å². The Morgan fingerprint density at radius 1 is 1.39 bits per heavy atom. The summed E-state index contributed by atoms with van der Waals surface area (Å²) in [6.07, 6.45) is -0.337. The smallest absolute Gasteiger partial charge is 0.371 e. The molecule has 0 amide bonds. The quantitative estimate of drug-likeness (QED) is 0.847. The second kappa shape index (κ2) is 5.43. The molecule has 0 saturated carbocycles. The van der Waals surface area contributed by atoms with Gasteiger partial charge in [0, 0.05) is 3.57 Å². The van der Waals surface area contributed by atoms with Crippen molar-refractivity contribution < 1.29 is 19.1 Å². The molecule has 2 aromatic rings. The average molecular weight is 358 g/mol. The number of furan rings is 1. The summed E-state index contributed by atoms with van der Waals surface area (Å²) in [4.78, 5) is 10.7. The summed E-state index contributed by atoms with van der Waals surface area (Å²) in [5.74, 6) is 0.0553. The van der Waals surface area contributed by atoms with Crippen LogP contribution in [0, 0.1) is 3.57 Å². The third-order valence-electron chi connectivity index (χ3n) is 2.35. The zero-order valence-corrected chi connectivity index (χ0v) is 11.7. The Kier molecular flexibility index (Phi) is 3.90. The van der Waals surface area contributed by atoms with Gasteiger partial charge in [-0.05, 0) is 59.8 Å². The van der Waals surface area contributed by atoms with Crippen LogP contribution in [0.5, 0.6) is 5.75 Å². The van der Waals surface area contributed by atoms with Crippen molar-refractivity contribution in [3.05, 3.63) is 51.5 Å². The molecule has 1 aromatic heterocycles. The van der Waals surface area contributed by atoms with E-state index in [0.29, 0.717) is 5.76 Å². The Bertz CT molecular complexity index is 562. The van der Waals surface area contributed by atoms with E-state index in [9.17, 15) is 4.79 Å². The zero-order chi connectivity index (χ0) is 13.1. The molecule has 1 unspecified atom stereocenters. The van der Waals surface area contributed by atoms with Gasteiger partial charge in [-0.2, -0.15) is 0 Å². The molecule has 0 saturated heterocycles. The van der Waals surface area contributed by atoms with Crippen LogP contribution in [0.25, 0.3) is 0 Å². The van der Waals surface area contributed by atoms with Crippen molar-refractivity contribution in [2.24, 2.45) is 0 Å². The van der Waals surface area contributed by atoms with E-state index in [1.807, 2.05) is 31.2 Å². The molecule has 4 nitrogen and oxygen atoms in total. The Morgan fingerprint density at radius 3 is 2.78 bits per heavy atom. The first-order valence-corrected chi connectivity index (χ1v) is 6.39. The second-order valence-electron chi connectivity index (χ2n) is 3.72. The Morgan fingerprint density at radius 2 is 2.17 bits per heavy atom. The fraction of sp³-hybridized carbons (Fsp3) is 0.154. The molecule has 0 aliphatic carbocycles. The first kappa shape index (κ1) is 12.9. The number of carboxylic acids is 1. The fourth-order valence-electron chi connectivity index (χ4n) is 1.49. The highest BCUT2D eigenvalue weighted by atomic mass is 127. The minimum absolute atomic E-state index is 0.0805. The van der Waals surface area contributed by atoms with Gasteiger partial charge in [-0.25, -0.2) is 4.79 Å². The van der Waals surface area contributed by atoms with Crippen LogP contribution in [0.2, 0.25) is 0 Å². The van der Waals surface area contributed by atoms with E-state index in [1.54, 1.807) is 6.07 Å². The summed E-state index contributed by atoms with van der Waals surface area (Å²) in [6.45, 7) is 1.81. The van der Waals surface area contributed by atoms with E-state index in [2.05, 4.69) is 22.6 Å². The number of hydrogen-bond donors (Lipinski definition) is 1. The largest absolute Gasteiger partial charge is 0.483 e. The van der Waals surface area contributed by atoms with E-state index >= 15 is 0 Å². The number of aromatic carboxylic acids is 1. The lowest BCUT2D eigenvalue weighted by molar-refractivity contribution is 0.0655. The van der Waals surface area contributed by atoms with Gasteiger partial charge in [-0.1, -0.05) is 6.07 Å². The molecule has 1 N–H and O–H groups in total. The van der Waals surface area contributed by atoms with Crippen molar-refractivity contribution in [3.63, 3.8) is 0 Å². The lowest BCUT2D eigenvalue weighted by Crippen LogP contribution is -2.02. The molecule has 1 aromatic carbocycles. The van der Waals surface area contributed by atoms with Crippen molar-refractivity contribution >= 4 is 28.6 Å². The van der Waals surface area contributed by atoms with Crippen LogP contribution in [-0.2, 0) is 0 Å². The maximum Gasteiger partial charge on any atom is 0.371 e. The van der Waals surface area contributed by atoms with E-state index in [-0.39, 0.29) is 11.9 Å². The standard InChI is InChI=1S/C13H11IO4/c1-8(11-5-6-12(18-11)13(15)16)17-10-4-2-3-9(14)7-10/h2-8H,1H3,(H,15,16). The van der Waals surface area contributed by atoms with Crippen molar-refractivity contribution in [1.29, 1.82) is 0 Å². The third kappa shape index (κ3) is 3.04. The van der Waals surface area contributed by atoms with Gasteiger partial charge in [0.25, 0.3) is 0 Å². The fourth-order valence-corrected chi connectivity index (χ4v) is 2.00. The number of hydrogen-bond acceptors (Lipinski definition) is 3. The highest BCUT2D eigenvalue weighted by molar-refractivity contribution is 14.1. The minimum Gasteiger partial charge on any atom is -0.483 e. The normalized spacial score (nSPS) is 12.1. The van der Waals surface area contributed by atoms with E-state index in [0.717, 1.165) is 9.32 Å². The molecule has 0 bridgehead atoms. The number of ether oxygens (including phenoxy) is 1. The number of benzene rings is 1. The van der Waals surface area contributed by atoms with E-state index in [1.165, 1.54) is 6.07 Å².